The van der Waals surface area contributed by atoms with Crippen LogP contribution in [0.15, 0.2) is 27.8 Å². The van der Waals surface area contributed by atoms with Gasteiger partial charge in [-0.2, -0.15) is 0 Å². The Kier molecular flexibility index (Phi) is 7.39. The van der Waals surface area contributed by atoms with Gasteiger partial charge in [0.25, 0.3) is 5.56 Å². The standard InChI is InChI=1S/C20H29N5O2S/c1-5-7-11-25-17(21)16(18(26)23-19(25)27)24(10-6-2)20(28)22-15-9-8-13(3)14(4)12-15/h8-9,12H,5-7,10-11,21H2,1-4H3,(H,22,28)(H,23,26,27). The summed E-state index contributed by atoms with van der Waals surface area (Å²) in [5.41, 5.74) is 8.58. The van der Waals surface area contributed by atoms with Gasteiger partial charge in [0.05, 0.1) is 0 Å². The second-order valence-electron chi connectivity index (χ2n) is 6.88. The summed E-state index contributed by atoms with van der Waals surface area (Å²) in [5, 5.41) is 3.55. The zero-order valence-electron chi connectivity index (χ0n) is 17.0. The van der Waals surface area contributed by atoms with Crippen LogP contribution < -0.4 is 27.2 Å². The normalized spacial score (nSPS) is 10.7. The molecule has 2 aromatic rings. The van der Waals surface area contributed by atoms with Crippen LogP contribution in [0.5, 0.6) is 0 Å². The maximum atomic E-state index is 12.6. The number of hydrogen-bond donors (Lipinski definition) is 3. The molecule has 0 atom stereocenters. The number of nitrogen functional groups attached to an aromatic ring is 1. The van der Waals surface area contributed by atoms with E-state index >= 15 is 0 Å². The lowest BCUT2D eigenvalue weighted by Crippen LogP contribution is -2.43. The van der Waals surface area contributed by atoms with Gasteiger partial charge in [-0.1, -0.05) is 26.3 Å². The van der Waals surface area contributed by atoms with E-state index in [1.54, 1.807) is 4.90 Å². The SMILES string of the molecule is CCCCn1c(N)c(N(CCC)C(=S)Nc2ccc(C)c(C)c2)c(=O)[nH]c1=O. The number of nitrogens with one attached hydrogen (secondary N) is 2. The number of hydrogen-bond acceptors (Lipinski definition) is 4. The maximum Gasteiger partial charge on any atom is 0.330 e. The summed E-state index contributed by atoms with van der Waals surface area (Å²) in [6.45, 7) is 9.03. The first-order valence-electron chi connectivity index (χ1n) is 9.58. The van der Waals surface area contributed by atoms with E-state index < -0.39 is 11.2 Å². The number of nitrogens with zero attached hydrogens (tertiary/aromatic N) is 2. The summed E-state index contributed by atoms with van der Waals surface area (Å²) in [6, 6.07) is 5.95. The van der Waals surface area contributed by atoms with Crippen LogP contribution in [-0.4, -0.2) is 21.2 Å². The maximum absolute atomic E-state index is 12.6. The van der Waals surface area contributed by atoms with Crippen molar-refractivity contribution in [3.63, 3.8) is 0 Å². The van der Waals surface area contributed by atoms with Gasteiger partial charge in [0.15, 0.2) is 10.8 Å². The minimum absolute atomic E-state index is 0.139. The zero-order valence-corrected chi connectivity index (χ0v) is 17.8. The van der Waals surface area contributed by atoms with Crippen molar-refractivity contribution in [2.24, 2.45) is 0 Å². The van der Waals surface area contributed by atoms with E-state index in [0.717, 1.165) is 30.5 Å². The summed E-state index contributed by atoms with van der Waals surface area (Å²) >= 11 is 5.58. The topological polar surface area (TPSA) is 96.2 Å². The number of nitrogens with two attached hydrogens (primary N) is 1. The first-order valence-corrected chi connectivity index (χ1v) is 9.99. The molecule has 0 radical (unpaired) electrons. The number of unbranched alkanes of at least 4 members (excludes halogenated alkanes) is 1. The highest BCUT2D eigenvalue weighted by Crippen LogP contribution is 2.20. The van der Waals surface area contributed by atoms with Crippen molar-refractivity contribution in [3.8, 4) is 0 Å². The molecule has 1 aromatic heterocycles. The molecule has 2 rings (SSSR count). The van der Waals surface area contributed by atoms with Crippen molar-refractivity contribution in [1.82, 2.24) is 9.55 Å². The third kappa shape index (κ3) is 4.81. The van der Waals surface area contributed by atoms with Gasteiger partial charge in [-0.05, 0) is 62.2 Å². The van der Waals surface area contributed by atoms with Gasteiger partial charge in [0.2, 0.25) is 0 Å². The Hall–Kier alpha value is -2.61. The average Bonchev–Trinajstić information content (AvgIpc) is 2.63. The van der Waals surface area contributed by atoms with Crippen molar-refractivity contribution in [2.45, 2.75) is 53.5 Å². The lowest BCUT2D eigenvalue weighted by molar-refractivity contribution is 0.604. The van der Waals surface area contributed by atoms with Gasteiger partial charge in [-0.15, -0.1) is 0 Å². The van der Waals surface area contributed by atoms with Crippen LogP contribution in [0.2, 0.25) is 0 Å². The number of anilines is 3. The van der Waals surface area contributed by atoms with Crippen LogP contribution in [0.1, 0.15) is 44.2 Å². The third-order valence-electron chi connectivity index (χ3n) is 4.67. The Bertz CT molecular complexity index is 964. The second-order valence-corrected chi connectivity index (χ2v) is 7.27. The monoisotopic (exact) mass is 403 g/mol. The predicted octanol–water partition coefficient (Wildman–Crippen LogP) is 3.15. The predicted molar refractivity (Wildman–Crippen MR) is 120 cm³/mol. The molecule has 0 unspecified atom stereocenters. The average molecular weight is 404 g/mol. The molecule has 0 saturated carbocycles. The molecule has 7 nitrogen and oxygen atoms in total. The van der Waals surface area contributed by atoms with Gasteiger partial charge in [-0.25, -0.2) is 4.79 Å². The Morgan fingerprint density at radius 2 is 1.93 bits per heavy atom. The zero-order chi connectivity index (χ0) is 20.8. The fourth-order valence-electron chi connectivity index (χ4n) is 2.93. The molecule has 0 bridgehead atoms. The molecule has 0 saturated heterocycles. The van der Waals surface area contributed by atoms with Crippen LogP contribution in [-0.2, 0) is 6.54 Å². The first-order chi connectivity index (χ1) is 13.3. The van der Waals surface area contributed by atoms with Crippen molar-refractivity contribution >= 4 is 34.5 Å². The Morgan fingerprint density at radius 1 is 1.21 bits per heavy atom. The number of rotatable bonds is 7. The molecular formula is C20H29N5O2S. The number of thiocarbonyl (C=S) groups is 1. The van der Waals surface area contributed by atoms with Crippen molar-refractivity contribution < 1.29 is 0 Å². The summed E-state index contributed by atoms with van der Waals surface area (Å²) < 4.78 is 1.40. The quantitative estimate of drug-likeness (QED) is 0.615. The van der Waals surface area contributed by atoms with Crippen LogP contribution >= 0.6 is 12.2 Å². The number of aryl methyl sites for hydroxylation is 2. The molecule has 0 fully saturated rings. The van der Waals surface area contributed by atoms with Gasteiger partial charge in [-0.3, -0.25) is 14.3 Å². The van der Waals surface area contributed by atoms with E-state index in [2.05, 4.69) is 10.3 Å². The van der Waals surface area contributed by atoms with Gasteiger partial charge >= 0.3 is 5.69 Å². The molecule has 152 valence electrons. The summed E-state index contributed by atoms with van der Waals surface area (Å²) in [4.78, 5) is 28.8. The van der Waals surface area contributed by atoms with Crippen molar-refractivity contribution in [1.29, 1.82) is 0 Å². The highest BCUT2D eigenvalue weighted by atomic mass is 32.1. The smallest absolute Gasteiger partial charge is 0.330 e. The minimum atomic E-state index is -0.534. The number of aromatic amines is 1. The van der Waals surface area contributed by atoms with Crippen LogP contribution in [0.4, 0.5) is 17.2 Å². The molecule has 0 aliphatic heterocycles. The number of aromatic nitrogens is 2. The van der Waals surface area contributed by atoms with Crippen LogP contribution in [0.25, 0.3) is 0 Å². The van der Waals surface area contributed by atoms with E-state index in [1.165, 1.54) is 10.1 Å². The van der Waals surface area contributed by atoms with Gasteiger partial charge in [0, 0.05) is 18.8 Å². The number of benzene rings is 1. The van der Waals surface area contributed by atoms with E-state index in [0.29, 0.717) is 18.2 Å². The van der Waals surface area contributed by atoms with Crippen molar-refractivity contribution in [2.75, 3.05) is 22.5 Å². The molecule has 0 amide bonds. The number of H-pyrrole nitrogens is 1. The Labute approximate surface area is 170 Å². The second kappa shape index (κ2) is 9.54. The summed E-state index contributed by atoms with van der Waals surface area (Å²) in [7, 11) is 0. The van der Waals surface area contributed by atoms with E-state index in [9.17, 15) is 9.59 Å². The molecule has 1 aromatic carbocycles. The molecule has 4 N–H and O–H groups in total. The lowest BCUT2D eigenvalue weighted by Gasteiger charge is -2.27. The lowest BCUT2D eigenvalue weighted by atomic mass is 10.1. The molecule has 0 aliphatic rings. The van der Waals surface area contributed by atoms with E-state index in [1.807, 2.05) is 45.9 Å². The van der Waals surface area contributed by atoms with Gasteiger partial charge in [0.1, 0.15) is 5.82 Å². The Balaban J connectivity index is 2.44. The molecule has 0 spiro atoms. The Morgan fingerprint density at radius 3 is 2.54 bits per heavy atom. The van der Waals surface area contributed by atoms with Crippen molar-refractivity contribution in [3.05, 3.63) is 50.2 Å². The summed E-state index contributed by atoms with van der Waals surface area (Å²) in [5.74, 6) is 0.139. The highest BCUT2D eigenvalue weighted by molar-refractivity contribution is 7.80. The fraction of sp³-hybridized carbons (Fsp3) is 0.450. The molecule has 0 aliphatic carbocycles. The molecular weight excluding hydrogens is 374 g/mol. The van der Waals surface area contributed by atoms with E-state index in [4.69, 9.17) is 18.0 Å². The fourth-order valence-corrected chi connectivity index (χ4v) is 3.23. The largest absolute Gasteiger partial charge is 0.383 e. The third-order valence-corrected chi connectivity index (χ3v) is 4.99. The van der Waals surface area contributed by atoms with E-state index in [-0.39, 0.29) is 11.5 Å². The summed E-state index contributed by atoms with van der Waals surface area (Å²) in [6.07, 6.45) is 2.45. The highest BCUT2D eigenvalue weighted by Gasteiger charge is 2.21. The molecule has 1 heterocycles. The van der Waals surface area contributed by atoms with Crippen LogP contribution in [0.3, 0.4) is 0 Å². The van der Waals surface area contributed by atoms with Crippen LogP contribution in [0, 0.1) is 13.8 Å². The molecule has 28 heavy (non-hydrogen) atoms. The first kappa shape index (κ1) is 21.7. The minimum Gasteiger partial charge on any atom is -0.383 e. The molecule has 8 heteroatoms. The van der Waals surface area contributed by atoms with Gasteiger partial charge < -0.3 is 16.0 Å².